The smallest absolute Gasteiger partial charge is 0.410 e. The number of amides is 6. The zero-order valence-electron chi connectivity index (χ0n) is 51.7. The van der Waals surface area contributed by atoms with Crippen molar-refractivity contribution in [1.29, 1.82) is 0 Å². The number of aliphatic hydroxyl groups is 3. The van der Waals surface area contributed by atoms with Gasteiger partial charge in [0.05, 0.1) is 69.2 Å². The summed E-state index contributed by atoms with van der Waals surface area (Å²) in [5.41, 5.74) is 0.0376. The number of ether oxygens (including phenoxy) is 4. The Hall–Kier alpha value is -6.39. The van der Waals surface area contributed by atoms with Gasteiger partial charge in [-0.15, -0.1) is 0 Å². The summed E-state index contributed by atoms with van der Waals surface area (Å²) in [7, 11) is 1.54. The van der Waals surface area contributed by atoms with Gasteiger partial charge in [0.25, 0.3) is 11.8 Å². The van der Waals surface area contributed by atoms with E-state index < -0.39 is 77.5 Å². The maximum absolute atomic E-state index is 14.2. The largest absolute Gasteiger partial charge is 0.457 e. The number of hydrogen-bond donors (Lipinski definition) is 6. The number of carbonyl (C=O) groups excluding carboxylic acids is 9. The molecule has 0 aliphatic carbocycles. The SMILES string of the molecule is CCC[N+]1(Cc2ccc(NC(=O)[C@H](C)NC(=O)[C@@H](NC(=O)CCCCCN3C(=O)C=CC3=O)C(C)C)cc2)CCN(C(=O)O[C@H]2/C=C/[C@H](C)[C@@H](/C(C)=C/C=C/[C@](C)(O)C[C@H]3O[C@@H]3[C@H](C)[C@@H](O)CC)OC(=O)C[C@H](O)CC[C@@]2(C)OC)CC1.O=C=O. The van der Waals surface area contributed by atoms with Crippen LogP contribution in [-0.2, 0) is 63.8 Å². The van der Waals surface area contributed by atoms with Crippen LogP contribution in [-0.4, -0.2) is 184 Å². The predicted octanol–water partition coefficient (Wildman–Crippen LogP) is 5.59. The summed E-state index contributed by atoms with van der Waals surface area (Å²) in [6.45, 7) is 22.5. The van der Waals surface area contributed by atoms with E-state index in [1.54, 1.807) is 43.1 Å². The number of nitrogens with zero attached hydrogens (tertiary/aromatic N) is 3. The van der Waals surface area contributed by atoms with Crippen LogP contribution in [0.4, 0.5) is 10.5 Å². The predicted molar refractivity (Wildman–Crippen MR) is 315 cm³/mol. The van der Waals surface area contributed by atoms with Crippen molar-refractivity contribution in [2.45, 2.75) is 200 Å². The van der Waals surface area contributed by atoms with Gasteiger partial charge in [0.2, 0.25) is 17.7 Å². The highest BCUT2D eigenvalue weighted by molar-refractivity contribution is 6.12. The molecule has 0 bridgehead atoms. The number of benzene rings is 1. The van der Waals surface area contributed by atoms with Crippen LogP contribution >= 0.6 is 0 Å². The second-order valence-corrected chi connectivity index (χ2v) is 24.1. The maximum Gasteiger partial charge on any atom is 0.410 e. The number of rotatable bonds is 26. The lowest BCUT2D eigenvalue weighted by atomic mass is 9.88. The van der Waals surface area contributed by atoms with Crippen LogP contribution < -0.4 is 16.0 Å². The highest BCUT2D eigenvalue weighted by Gasteiger charge is 2.47. The zero-order chi connectivity index (χ0) is 63.2. The van der Waals surface area contributed by atoms with Gasteiger partial charge in [0.15, 0.2) is 6.10 Å². The quantitative estimate of drug-likeness (QED) is 0.0125. The van der Waals surface area contributed by atoms with Crippen molar-refractivity contribution in [2.24, 2.45) is 17.8 Å². The number of anilines is 1. The van der Waals surface area contributed by atoms with E-state index in [-0.39, 0.29) is 80.1 Å². The Balaban J connectivity index is 0.00000505. The molecule has 1 aromatic carbocycles. The van der Waals surface area contributed by atoms with E-state index in [1.807, 2.05) is 78.8 Å². The molecule has 6 N–H and O–H groups in total. The van der Waals surface area contributed by atoms with Crippen LogP contribution in [0.25, 0.3) is 0 Å². The summed E-state index contributed by atoms with van der Waals surface area (Å²) >= 11 is 0. The minimum absolute atomic E-state index is 0.0425. The van der Waals surface area contributed by atoms with E-state index in [2.05, 4.69) is 22.9 Å². The third-order valence-corrected chi connectivity index (χ3v) is 16.6. The van der Waals surface area contributed by atoms with Crippen LogP contribution in [0.2, 0.25) is 0 Å². The maximum atomic E-state index is 14.2. The third kappa shape index (κ3) is 22.1. The molecule has 5 rings (SSSR count). The molecule has 4 heterocycles. The lowest BCUT2D eigenvalue weighted by Crippen LogP contribution is -2.60. The van der Waals surface area contributed by atoms with E-state index in [4.69, 9.17) is 28.5 Å². The number of hydrogen-bond acceptors (Lipinski definition) is 16. The molecule has 12 atom stereocenters. The summed E-state index contributed by atoms with van der Waals surface area (Å²) in [4.78, 5) is 110. The lowest BCUT2D eigenvalue weighted by Gasteiger charge is -2.45. The highest BCUT2D eigenvalue weighted by atomic mass is 16.6. The van der Waals surface area contributed by atoms with Crippen molar-refractivity contribution in [2.75, 3.05) is 51.7 Å². The average molecular weight is 1190 g/mol. The second kappa shape index (κ2) is 33.5. The van der Waals surface area contributed by atoms with Gasteiger partial charge in [0.1, 0.15) is 30.3 Å². The van der Waals surface area contributed by atoms with Crippen LogP contribution in [0, 0.1) is 17.8 Å². The molecule has 0 unspecified atom stereocenters. The minimum atomic E-state index is -1.20. The van der Waals surface area contributed by atoms with Gasteiger partial charge in [-0.2, -0.15) is 9.59 Å². The van der Waals surface area contributed by atoms with E-state index in [1.165, 1.54) is 24.2 Å². The van der Waals surface area contributed by atoms with Crippen molar-refractivity contribution < 1.29 is 81.9 Å². The number of unbranched alkanes of at least 4 members (excludes halogenated alkanes) is 2. The van der Waals surface area contributed by atoms with Gasteiger partial charge >= 0.3 is 18.2 Å². The van der Waals surface area contributed by atoms with Gasteiger partial charge in [0, 0.05) is 61.7 Å². The fourth-order valence-electron chi connectivity index (χ4n) is 11.1. The number of carbonyl (C=O) groups is 7. The number of cyclic esters (lactones) is 1. The molecule has 0 spiro atoms. The standard InChI is InChI=1S/C62H94N6O14.CO2/c1-12-34-68(39-45-21-23-46(24-22-45)64-58(75)44(8)63-59(76)55(40(3)4)65-51(71)19-15-14-16-31-67-52(72)26-27-53(67)73)35-32-66(33-36-68)60(77)81-50-25-20-42(6)56(82-54(74)37-47(69)28-30-62(50,10)79-11)41(5)18-17-29-61(9,78)38-49-57(80-49)43(7)48(70)13-2;2-1-3/h17-18,20-27,29,40,42-44,47-50,55-57,69-70,78H,12-16,19,28,30-39H2,1-11H3,(H2-,63,64,65,71,75,76);/p+1/b25-20+,29-17+,41-18+;/t42-,43+,44-,47+,48-,49+,50-,55-,56+,57+,61-,62+;/m0./s1. The number of allylic oxidation sites excluding steroid dienone is 2. The first-order valence-electron chi connectivity index (χ1n) is 30.0. The molecule has 6 amide bonds. The zero-order valence-corrected chi connectivity index (χ0v) is 51.7. The summed E-state index contributed by atoms with van der Waals surface area (Å²) in [5, 5.41) is 40.9. The van der Waals surface area contributed by atoms with Crippen molar-refractivity contribution >= 4 is 53.4 Å². The van der Waals surface area contributed by atoms with Gasteiger partial charge in [-0.3, -0.25) is 38.6 Å². The number of piperazine rings is 1. The fraction of sp³-hybridized carbons (Fsp3) is 0.651. The van der Waals surface area contributed by atoms with Gasteiger partial charge in [-0.1, -0.05) is 84.4 Å². The summed E-state index contributed by atoms with van der Waals surface area (Å²) < 4.78 is 24.9. The summed E-state index contributed by atoms with van der Waals surface area (Å²) in [5.74, 6) is -3.15. The van der Waals surface area contributed by atoms with Gasteiger partial charge < -0.3 is 54.7 Å². The third-order valence-electron chi connectivity index (χ3n) is 16.6. The van der Waals surface area contributed by atoms with Crippen molar-refractivity contribution in [3.8, 4) is 0 Å². The number of aliphatic hydroxyl groups excluding tert-OH is 2. The number of epoxide rings is 1. The molecule has 22 heteroatoms. The Morgan fingerprint density at radius 2 is 1.61 bits per heavy atom. The first kappa shape index (κ1) is 71.1. The number of imide groups is 1. The molecule has 85 heavy (non-hydrogen) atoms. The normalized spacial score (nSPS) is 26.0. The second-order valence-electron chi connectivity index (χ2n) is 24.1. The van der Waals surface area contributed by atoms with E-state index in [0.717, 1.165) is 23.0 Å². The molecule has 0 saturated carbocycles. The molecular formula is C63H95N6O16+. The highest BCUT2D eigenvalue weighted by Crippen LogP contribution is 2.38. The molecule has 0 radical (unpaired) electrons. The van der Waals surface area contributed by atoms with E-state index in [9.17, 15) is 48.9 Å². The molecule has 1 aromatic rings. The first-order chi connectivity index (χ1) is 40.1. The van der Waals surface area contributed by atoms with Crippen molar-refractivity contribution in [3.05, 3.63) is 77.9 Å². The van der Waals surface area contributed by atoms with Gasteiger partial charge in [-0.05, 0) is 95.9 Å². The Bertz CT molecular complexity index is 2550. The molecule has 2 fully saturated rings. The summed E-state index contributed by atoms with van der Waals surface area (Å²) in [6.07, 6.45) is 11.6. The number of quaternary nitrogens is 1. The molecule has 22 nitrogen and oxygen atoms in total. The Morgan fingerprint density at radius 1 is 0.965 bits per heavy atom. The van der Waals surface area contributed by atoms with Crippen LogP contribution in [0.15, 0.2) is 72.4 Å². The average Bonchev–Trinajstić information content (AvgIpc) is 4.38. The monoisotopic (exact) mass is 1190 g/mol. The molecule has 0 aromatic heterocycles. The van der Waals surface area contributed by atoms with Crippen molar-refractivity contribution in [1.82, 2.24) is 20.4 Å². The lowest BCUT2D eigenvalue weighted by molar-refractivity contribution is -0.944. The van der Waals surface area contributed by atoms with E-state index in [0.29, 0.717) is 76.1 Å². The Labute approximate surface area is 501 Å². The minimum Gasteiger partial charge on any atom is -0.457 e. The molecule has 4 aliphatic rings. The molecule has 4 aliphatic heterocycles. The molecule has 2 saturated heterocycles. The first-order valence-corrected chi connectivity index (χ1v) is 30.0. The Morgan fingerprint density at radius 3 is 2.21 bits per heavy atom. The van der Waals surface area contributed by atoms with Crippen molar-refractivity contribution in [3.63, 3.8) is 0 Å². The number of esters is 1. The van der Waals surface area contributed by atoms with Crippen LogP contribution in [0.3, 0.4) is 0 Å². The number of nitrogens with one attached hydrogen (secondary N) is 3. The molecule has 472 valence electrons. The van der Waals surface area contributed by atoms with E-state index >= 15 is 0 Å². The summed E-state index contributed by atoms with van der Waals surface area (Å²) in [6, 6.07) is 5.81. The number of methoxy groups -OCH3 is 1. The van der Waals surface area contributed by atoms with Crippen LogP contribution in [0.5, 0.6) is 0 Å². The fourth-order valence-corrected chi connectivity index (χ4v) is 11.1. The van der Waals surface area contributed by atoms with Crippen LogP contribution in [0.1, 0.15) is 139 Å². The topological polar surface area (TPSA) is 297 Å². The van der Waals surface area contributed by atoms with Gasteiger partial charge in [-0.25, -0.2) is 4.79 Å². The molecular weight excluding hydrogens is 1100 g/mol. The Kier molecular flexibility index (Phi) is 28.0.